The Labute approximate surface area is 221 Å². The molecule has 12 nitrogen and oxygen atoms in total. The monoisotopic (exact) mass is 587 g/mol. The molecule has 1 aromatic heterocycles. The van der Waals surface area contributed by atoms with Crippen LogP contribution in [0.3, 0.4) is 0 Å². The van der Waals surface area contributed by atoms with Crippen molar-refractivity contribution in [1.82, 2.24) is 5.10 Å². The van der Waals surface area contributed by atoms with E-state index in [9.17, 15) is 31.2 Å². The molecule has 0 unspecified atom stereocenters. The van der Waals surface area contributed by atoms with Crippen LogP contribution < -0.4 is 14.8 Å². The first-order valence-corrected chi connectivity index (χ1v) is 15.7. The van der Waals surface area contributed by atoms with E-state index in [2.05, 4.69) is 14.5 Å². The SMILES string of the molecule is O=S(=O)([O-])CCCN1C(=Cc2sc(SOO[O-])n[n+]2CCCS(=O)(=O)[O-])Cc2ccc3ccccc3c21. The molecule has 0 saturated heterocycles. The van der Waals surface area contributed by atoms with Gasteiger partial charge < -0.3 is 19.3 Å². The molecule has 2 aromatic carbocycles. The Bertz CT molecular complexity index is 1520. The second-order valence-electron chi connectivity index (χ2n) is 8.14. The number of hydrogen-bond acceptors (Lipinski definition) is 13. The Morgan fingerprint density at radius 2 is 1.81 bits per heavy atom. The van der Waals surface area contributed by atoms with Crippen LogP contribution in [0.1, 0.15) is 23.4 Å². The van der Waals surface area contributed by atoms with E-state index < -0.39 is 31.7 Å². The van der Waals surface area contributed by atoms with Crippen molar-refractivity contribution in [2.24, 2.45) is 0 Å². The van der Waals surface area contributed by atoms with Gasteiger partial charge in [0.25, 0.3) is 9.35 Å². The second kappa shape index (κ2) is 11.7. The van der Waals surface area contributed by atoms with Crippen molar-refractivity contribution >= 4 is 66.2 Å². The second-order valence-corrected chi connectivity index (χ2v) is 13.1. The molecular weight excluding hydrogens is 567 g/mol. The lowest BCUT2D eigenvalue weighted by Gasteiger charge is -2.23. The maximum Gasteiger partial charge on any atom is 0.291 e. The van der Waals surface area contributed by atoms with Gasteiger partial charge in [-0.2, -0.15) is 4.33 Å². The number of nitrogens with zero attached hydrogens (tertiary/aromatic N) is 3. The van der Waals surface area contributed by atoms with E-state index in [1.54, 1.807) is 0 Å². The number of aromatic nitrogens is 2. The Hall–Kier alpha value is -2.15. The van der Waals surface area contributed by atoms with Crippen LogP contribution >= 0.6 is 23.4 Å². The van der Waals surface area contributed by atoms with Gasteiger partial charge in [-0.3, -0.25) is 5.04 Å². The van der Waals surface area contributed by atoms with Crippen molar-refractivity contribution in [1.29, 1.82) is 0 Å². The van der Waals surface area contributed by atoms with Gasteiger partial charge in [-0.25, -0.2) is 16.8 Å². The van der Waals surface area contributed by atoms with E-state index >= 15 is 0 Å². The summed E-state index contributed by atoms with van der Waals surface area (Å²) in [4.78, 5) is 1.97. The van der Waals surface area contributed by atoms with Crippen molar-refractivity contribution < 1.29 is 45.3 Å². The molecule has 2 heterocycles. The third-order valence-corrected chi connectivity index (χ3v) is 8.76. The Balaban J connectivity index is 1.71. The Kier molecular flexibility index (Phi) is 8.82. The summed E-state index contributed by atoms with van der Waals surface area (Å²) in [7, 11) is -8.79. The van der Waals surface area contributed by atoms with Crippen molar-refractivity contribution in [2.75, 3.05) is 23.0 Å². The van der Waals surface area contributed by atoms with Gasteiger partial charge in [0.1, 0.15) is 12.0 Å². The lowest BCUT2D eigenvalue weighted by atomic mass is 10.0. The molecule has 3 aromatic rings. The summed E-state index contributed by atoms with van der Waals surface area (Å²) in [6, 6.07) is 11.8. The zero-order chi connectivity index (χ0) is 26.6. The summed E-state index contributed by atoms with van der Waals surface area (Å²) < 4.78 is 73.0. The third kappa shape index (κ3) is 7.46. The predicted molar refractivity (Wildman–Crippen MR) is 132 cm³/mol. The van der Waals surface area contributed by atoms with Gasteiger partial charge in [0, 0.05) is 53.2 Å². The van der Waals surface area contributed by atoms with Crippen LogP contribution in [0.15, 0.2) is 46.4 Å². The third-order valence-electron chi connectivity index (χ3n) is 5.58. The molecule has 0 radical (unpaired) electrons. The molecule has 0 N–H and O–H groups in total. The molecule has 0 aliphatic carbocycles. The molecule has 1 aliphatic rings. The average Bonchev–Trinajstić information content (AvgIpc) is 3.37. The highest BCUT2D eigenvalue weighted by atomic mass is 32.2. The Morgan fingerprint density at radius 3 is 2.54 bits per heavy atom. The predicted octanol–water partition coefficient (Wildman–Crippen LogP) is 1.09. The van der Waals surface area contributed by atoms with Crippen LogP contribution in [-0.2, 0) is 42.6 Å². The van der Waals surface area contributed by atoms with E-state index in [0.29, 0.717) is 27.8 Å². The molecule has 0 amide bonds. The highest BCUT2D eigenvalue weighted by molar-refractivity contribution is 7.96. The van der Waals surface area contributed by atoms with Gasteiger partial charge in [0.05, 0.1) is 25.9 Å². The summed E-state index contributed by atoms with van der Waals surface area (Å²) in [6.45, 7) is 0.385. The molecule has 16 heteroatoms. The van der Waals surface area contributed by atoms with Crippen LogP contribution in [0.4, 0.5) is 5.69 Å². The molecule has 4 rings (SSSR count). The minimum absolute atomic E-state index is 0.0232. The lowest BCUT2D eigenvalue weighted by molar-refractivity contribution is -0.777. The van der Waals surface area contributed by atoms with Crippen LogP contribution in [-0.4, -0.2) is 49.1 Å². The van der Waals surface area contributed by atoms with E-state index in [-0.39, 0.29) is 25.9 Å². The number of aryl methyl sites for hydroxylation is 1. The maximum atomic E-state index is 11.2. The minimum atomic E-state index is -4.40. The highest BCUT2D eigenvalue weighted by Gasteiger charge is 2.29. The molecule has 1 aliphatic heterocycles. The standard InChI is InChI=1S/C21H23N3O9S4/c25-32-33-35-21-22-24(10-4-12-37(29,30)31)19(34-21)14-17-13-16-8-7-15-5-1-2-6-18(15)20(16)23(17)9-3-11-36(26,27)28/h1-2,5-8,14H,3-4,9-13H2,(H2-,25,26,27,28,29,30,31)/p-2. The van der Waals surface area contributed by atoms with Gasteiger partial charge in [-0.05, 0) is 28.7 Å². The molecule has 0 spiro atoms. The van der Waals surface area contributed by atoms with Crippen LogP contribution in [0.2, 0.25) is 0 Å². The fourth-order valence-electron chi connectivity index (χ4n) is 4.16. The molecule has 37 heavy (non-hydrogen) atoms. The van der Waals surface area contributed by atoms with Gasteiger partial charge in [0.15, 0.2) is 6.54 Å². The van der Waals surface area contributed by atoms with E-state index in [4.69, 9.17) is 0 Å². The smallest absolute Gasteiger partial charge is 0.291 e. The number of rotatable bonds is 12. The molecular formula is C21H21N3O9S4-2. The largest absolute Gasteiger partial charge is 0.748 e. The maximum absolute atomic E-state index is 11.2. The number of benzene rings is 2. The first-order chi connectivity index (χ1) is 17.5. The van der Waals surface area contributed by atoms with Crippen molar-refractivity contribution in [3.05, 3.63) is 52.7 Å². The number of allylic oxidation sites excluding steroid dienone is 1. The topological polar surface area (TPSA) is 176 Å². The first-order valence-electron chi connectivity index (χ1n) is 10.9. The minimum Gasteiger partial charge on any atom is -0.748 e. The van der Waals surface area contributed by atoms with E-state index in [0.717, 1.165) is 39.1 Å². The quantitative estimate of drug-likeness (QED) is 0.0970. The first kappa shape index (κ1) is 27.9. The summed E-state index contributed by atoms with van der Waals surface area (Å²) in [5.41, 5.74) is 2.74. The molecule has 0 fully saturated rings. The highest BCUT2D eigenvalue weighted by Crippen LogP contribution is 2.41. The molecule has 200 valence electrons. The van der Waals surface area contributed by atoms with E-state index in [1.165, 1.54) is 4.68 Å². The molecule has 0 saturated carbocycles. The summed E-state index contributed by atoms with van der Waals surface area (Å²) in [6.07, 6.45) is 2.48. The van der Waals surface area contributed by atoms with Crippen molar-refractivity contribution in [3.8, 4) is 0 Å². The van der Waals surface area contributed by atoms with Gasteiger partial charge in [-0.15, -0.1) is 0 Å². The Morgan fingerprint density at radius 1 is 1.08 bits per heavy atom. The van der Waals surface area contributed by atoms with Gasteiger partial charge >= 0.3 is 0 Å². The lowest BCUT2D eigenvalue weighted by Crippen LogP contribution is -2.39. The van der Waals surface area contributed by atoms with Gasteiger partial charge in [0.2, 0.25) is 0 Å². The summed E-state index contributed by atoms with van der Waals surface area (Å²) in [5, 5.41) is 20.5. The zero-order valence-corrected chi connectivity index (χ0v) is 22.4. The van der Waals surface area contributed by atoms with Crippen molar-refractivity contribution in [2.45, 2.75) is 30.1 Å². The fraction of sp³-hybridized carbons (Fsp3) is 0.333. The van der Waals surface area contributed by atoms with Crippen LogP contribution in [0.25, 0.3) is 16.8 Å². The van der Waals surface area contributed by atoms with Crippen LogP contribution in [0, 0.1) is 0 Å². The summed E-state index contributed by atoms with van der Waals surface area (Å²) in [5.74, 6) is -1.07. The zero-order valence-electron chi connectivity index (χ0n) is 19.1. The van der Waals surface area contributed by atoms with Gasteiger partial charge in [-0.1, -0.05) is 41.1 Å². The normalized spacial score (nSPS) is 15.1. The fourth-order valence-corrected chi connectivity index (χ4v) is 6.57. The molecule has 0 atom stereocenters. The number of anilines is 1. The number of hydrogen-bond donors (Lipinski definition) is 0. The summed E-state index contributed by atoms with van der Waals surface area (Å²) >= 11 is 1.74. The van der Waals surface area contributed by atoms with E-state index in [1.807, 2.05) is 47.4 Å². The van der Waals surface area contributed by atoms with Crippen molar-refractivity contribution in [3.63, 3.8) is 0 Å². The average molecular weight is 588 g/mol. The molecule has 0 bridgehead atoms. The van der Waals surface area contributed by atoms with Crippen LogP contribution in [0.5, 0.6) is 0 Å². The number of fused-ring (bicyclic) bond motifs is 3.